The van der Waals surface area contributed by atoms with E-state index >= 15 is 0 Å². The molecule has 1 aliphatic rings. The summed E-state index contributed by atoms with van der Waals surface area (Å²) >= 11 is 0. The zero-order valence-electron chi connectivity index (χ0n) is 11.1. The molecule has 0 aromatic carbocycles. The van der Waals surface area contributed by atoms with Crippen molar-refractivity contribution in [2.75, 3.05) is 23.8 Å². The Hall–Kier alpha value is -1.59. The predicted molar refractivity (Wildman–Crippen MR) is 71.0 cm³/mol. The van der Waals surface area contributed by atoms with Crippen LogP contribution in [-0.2, 0) is 0 Å². The van der Waals surface area contributed by atoms with E-state index in [4.69, 9.17) is 4.74 Å². The van der Waals surface area contributed by atoms with Crippen molar-refractivity contribution in [2.24, 2.45) is 0 Å². The molecule has 0 atom stereocenters. The number of nitrogens with zero attached hydrogens (tertiary/aromatic N) is 3. The van der Waals surface area contributed by atoms with Gasteiger partial charge in [0.2, 0.25) is 11.9 Å². The lowest BCUT2D eigenvalue weighted by Crippen LogP contribution is -2.18. The van der Waals surface area contributed by atoms with Crippen LogP contribution in [0.2, 0.25) is 0 Å². The average Bonchev–Trinajstić information content (AvgIpc) is 2.82. The normalized spacial score (nSPS) is 15.7. The molecule has 100 valence electrons. The average molecular weight is 251 g/mol. The van der Waals surface area contributed by atoms with Crippen LogP contribution in [0.1, 0.15) is 39.5 Å². The first-order valence-corrected chi connectivity index (χ1v) is 6.71. The van der Waals surface area contributed by atoms with E-state index in [1.807, 2.05) is 13.8 Å². The molecule has 0 saturated heterocycles. The second-order valence-corrected chi connectivity index (χ2v) is 4.35. The molecule has 1 heterocycles. The standard InChI is InChI=1S/C12H21N5O/c1-3-13-10-15-11(14-9-7-5-6-8-9)17-12(16-10)18-4-2/h9H,3-8H2,1-2H3,(H2,13,14,15,16,17). The molecule has 1 aromatic heterocycles. The van der Waals surface area contributed by atoms with Crippen molar-refractivity contribution in [2.45, 2.75) is 45.6 Å². The Balaban J connectivity index is 2.10. The Labute approximate surface area is 108 Å². The first kappa shape index (κ1) is 12.9. The van der Waals surface area contributed by atoms with Crippen LogP contribution >= 0.6 is 0 Å². The maximum Gasteiger partial charge on any atom is 0.323 e. The number of anilines is 2. The zero-order valence-corrected chi connectivity index (χ0v) is 11.1. The molecular formula is C12H21N5O. The lowest BCUT2D eigenvalue weighted by atomic mass is 10.3. The van der Waals surface area contributed by atoms with Crippen LogP contribution in [0.4, 0.5) is 11.9 Å². The number of rotatable bonds is 6. The zero-order chi connectivity index (χ0) is 12.8. The SMILES string of the molecule is CCNc1nc(NC2CCCC2)nc(OCC)n1. The minimum absolute atomic E-state index is 0.379. The first-order chi connectivity index (χ1) is 8.81. The summed E-state index contributed by atoms with van der Waals surface area (Å²) in [6.07, 6.45) is 4.93. The molecular weight excluding hydrogens is 230 g/mol. The maximum absolute atomic E-state index is 5.36. The smallest absolute Gasteiger partial charge is 0.323 e. The van der Waals surface area contributed by atoms with Crippen LogP contribution in [0.3, 0.4) is 0 Å². The lowest BCUT2D eigenvalue weighted by Gasteiger charge is -2.13. The van der Waals surface area contributed by atoms with E-state index in [2.05, 4.69) is 25.6 Å². The van der Waals surface area contributed by atoms with Crippen LogP contribution in [0.15, 0.2) is 0 Å². The molecule has 2 N–H and O–H groups in total. The fourth-order valence-corrected chi connectivity index (χ4v) is 2.10. The molecule has 1 fully saturated rings. The van der Waals surface area contributed by atoms with E-state index in [1.54, 1.807) is 0 Å². The first-order valence-electron chi connectivity index (χ1n) is 6.71. The largest absolute Gasteiger partial charge is 0.464 e. The van der Waals surface area contributed by atoms with Crippen LogP contribution in [0.5, 0.6) is 6.01 Å². The van der Waals surface area contributed by atoms with Crippen LogP contribution < -0.4 is 15.4 Å². The summed E-state index contributed by atoms with van der Waals surface area (Å²) in [5.41, 5.74) is 0. The van der Waals surface area contributed by atoms with Crippen LogP contribution in [-0.4, -0.2) is 34.1 Å². The third-order valence-electron chi connectivity index (χ3n) is 2.91. The molecule has 0 aliphatic heterocycles. The lowest BCUT2D eigenvalue weighted by molar-refractivity contribution is 0.312. The van der Waals surface area contributed by atoms with Crippen molar-refractivity contribution < 1.29 is 4.74 Å². The number of ether oxygens (including phenoxy) is 1. The monoisotopic (exact) mass is 251 g/mol. The third-order valence-corrected chi connectivity index (χ3v) is 2.91. The van der Waals surface area contributed by atoms with Gasteiger partial charge in [0.05, 0.1) is 6.61 Å². The Kier molecular flexibility index (Phi) is 4.55. The second-order valence-electron chi connectivity index (χ2n) is 4.35. The summed E-state index contributed by atoms with van der Waals surface area (Å²) < 4.78 is 5.36. The van der Waals surface area contributed by atoms with Crippen LogP contribution in [0.25, 0.3) is 0 Å². The summed E-state index contributed by atoms with van der Waals surface area (Å²) in [5.74, 6) is 1.17. The van der Waals surface area contributed by atoms with E-state index < -0.39 is 0 Å². The molecule has 1 saturated carbocycles. The van der Waals surface area contributed by atoms with Gasteiger partial charge in [-0.15, -0.1) is 0 Å². The molecule has 6 heteroatoms. The summed E-state index contributed by atoms with van der Waals surface area (Å²) in [4.78, 5) is 12.8. The van der Waals surface area contributed by atoms with Gasteiger partial charge in [-0.3, -0.25) is 0 Å². The van der Waals surface area contributed by atoms with E-state index in [1.165, 1.54) is 25.7 Å². The molecule has 0 amide bonds. The van der Waals surface area contributed by atoms with Gasteiger partial charge in [0.15, 0.2) is 0 Å². The van der Waals surface area contributed by atoms with Crippen molar-refractivity contribution in [3.63, 3.8) is 0 Å². The third kappa shape index (κ3) is 3.45. The summed E-state index contributed by atoms with van der Waals surface area (Å²) in [5, 5.41) is 6.45. The highest BCUT2D eigenvalue weighted by Crippen LogP contribution is 2.21. The van der Waals surface area contributed by atoms with Gasteiger partial charge in [-0.2, -0.15) is 15.0 Å². The summed E-state index contributed by atoms with van der Waals surface area (Å²) in [6.45, 7) is 5.26. The fraction of sp³-hybridized carbons (Fsp3) is 0.750. The molecule has 0 bridgehead atoms. The Morgan fingerprint density at radius 3 is 2.50 bits per heavy atom. The van der Waals surface area contributed by atoms with Crippen molar-refractivity contribution >= 4 is 11.9 Å². The van der Waals surface area contributed by atoms with Gasteiger partial charge in [-0.1, -0.05) is 12.8 Å². The molecule has 2 rings (SSSR count). The Morgan fingerprint density at radius 2 is 1.83 bits per heavy atom. The quantitative estimate of drug-likeness (QED) is 0.806. The van der Waals surface area contributed by atoms with Crippen molar-refractivity contribution in [3.05, 3.63) is 0 Å². The maximum atomic E-state index is 5.36. The number of hydrogen-bond donors (Lipinski definition) is 2. The highest BCUT2D eigenvalue weighted by molar-refractivity contribution is 5.36. The van der Waals surface area contributed by atoms with Crippen molar-refractivity contribution in [3.8, 4) is 6.01 Å². The summed E-state index contributed by atoms with van der Waals surface area (Å²) in [6, 6.07) is 0.861. The molecule has 0 spiro atoms. The van der Waals surface area contributed by atoms with Gasteiger partial charge in [0, 0.05) is 12.6 Å². The predicted octanol–water partition coefficient (Wildman–Crippen LogP) is 2.06. The molecule has 1 aromatic rings. The van der Waals surface area contributed by atoms with Gasteiger partial charge in [0.25, 0.3) is 0 Å². The summed E-state index contributed by atoms with van der Waals surface area (Å²) in [7, 11) is 0. The Morgan fingerprint density at radius 1 is 1.11 bits per heavy atom. The number of aromatic nitrogens is 3. The minimum Gasteiger partial charge on any atom is -0.464 e. The van der Waals surface area contributed by atoms with E-state index in [9.17, 15) is 0 Å². The van der Waals surface area contributed by atoms with Gasteiger partial charge >= 0.3 is 6.01 Å². The van der Waals surface area contributed by atoms with E-state index in [0.717, 1.165) is 6.54 Å². The van der Waals surface area contributed by atoms with E-state index in [-0.39, 0.29) is 0 Å². The topological polar surface area (TPSA) is 72.0 Å². The molecule has 18 heavy (non-hydrogen) atoms. The molecule has 0 unspecified atom stereocenters. The molecule has 0 radical (unpaired) electrons. The highest BCUT2D eigenvalue weighted by Gasteiger charge is 2.16. The number of hydrogen-bond acceptors (Lipinski definition) is 6. The van der Waals surface area contributed by atoms with Crippen LogP contribution in [0, 0.1) is 0 Å². The second kappa shape index (κ2) is 6.37. The van der Waals surface area contributed by atoms with Gasteiger partial charge in [-0.05, 0) is 26.7 Å². The van der Waals surface area contributed by atoms with Gasteiger partial charge in [-0.25, -0.2) is 0 Å². The van der Waals surface area contributed by atoms with E-state index in [0.29, 0.717) is 30.6 Å². The molecule has 1 aliphatic carbocycles. The van der Waals surface area contributed by atoms with Crippen molar-refractivity contribution in [1.29, 1.82) is 0 Å². The van der Waals surface area contributed by atoms with Gasteiger partial charge in [0.1, 0.15) is 0 Å². The Bertz CT molecular complexity index is 354. The van der Waals surface area contributed by atoms with Crippen molar-refractivity contribution in [1.82, 2.24) is 15.0 Å². The fourth-order valence-electron chi connectivity index (χ4n) is 2.10. The van der Waals surface area contributed by atoms with Gasteiger partial charge < -0.3 is 15.4 Å². The molecule has 6 nitrogen and oxygen atoms in total. The minimum atomic E-state index is 0.379. The highest BCUT2D eigenvalue weighted by atomic mass is 16.5. The number of nitrogens with one attached hydrogen (secondary N) is 2.